The van der Waals surface area contributed by atoms with Crippen molar-refractivity contribution in [3.63, 3.8) is 0 Å². The summed E-state index contributed by atoms with van der Waals surface area (Å²) in [6.07, 6.45) is 0.561. The Labute approximate surface area is 188 Å². The molecule has 1 aliphatic rings. The minimum atomic E-state index is -3.79. The molecule has 3 aromatic rings. The van der Waals surface area contributed by atoms with Crippen LogP contribution < -0.4 is 9.46 Å². The third kappa shape index (κ3) is 4.50. The lowest BCUT2D eigenvalue weighted by molar-refractivity contribution is 0.391. The number of rotatable bonds is 6. The molecule has 168 valence electrons. The zero-order chi connectivity index (χ0) is 22.9. The number of anilines is 1. The minimum absolute atomic E-state index is 0.111. The van der Waals surface area contributed by atoms with Crippen LogP contribution in [0.1, 0.15) is 16.7 Å². The number of hydrogen-bond donors (Lipinski definition) is 1. The summed E-state index contributed by atoms with van der Waals surface area (Å²) in [6.45, 7) is 2.46. The molecule has 7 nitrogen and oxygen atoms in total. The summed E-state index contributed by atoms with van der Waals surface area (Å²) < 4.78 is 60.7. The Morgan fingerprint density at radius 1 is 0.844 bits per heavy atom. The molecule has 0 bridgehead atoms. The fourth-order valence-corrected chi connectivity index (χ4v) is 6.10. The van der Waals surface area contributed by atoms with Crippen molar-refractivity contribution in [1.29, 1.82) is 0 Å². The van der Waals surface area contributed by atoms with Gasteiger partial charge in [-0.15, -0.1) is 0 Å². The molecule has 1 N–H and O–H groups in total. The fourth-order valence-electron chi connectivity index (χ4n) is 3.63. The van der Waals surface area contributed by atoms with E-state index >= 15 is 0 Å². The average molecular weight is 473 g/mol. The van der Waals surface area contributed by atoms with Crippen molar-refractivity contribution in [2.45, 2.75) is 29.7 Å². The second kappa shape index (κ2) is 8.57. The molecule has 0 fully saturated rings. The molecular weight excluding hydrogens is 448 g/mol. The highest BCUT2D eigenvalue weighted by Crippen LogP contribution is 2.28. The number of ether oxygens (including phenoxy) is 1. The highest BCUT2D eigenvalue weighted by Gasteiger charge is 2.28. The average Bonchev–Trinajstić information content (AvgIpc) is 2.78. The Kier molecular flexibility index (Phi) is 5.98. The number of aryl methyl sites for hydroxylation is 1. The molecule has 1 heterocycles. The first-order chi connectivity index (χ1) is 15.2. The second-order valence-electron chi connectivity index (χ2n) is 7.67. The van der Waals surface area contributed by atoms with Gasteiger partial charge in [-0.05, 0) is 73.0 Å². The summed E-state index contributed by atoms with van der Waals surface area (Å²) in [5.74, 6) is 0.563. The maximum atomic E-state index is 13.1. The van der Waals surface area contributed by atoms with Gasteiger partial charge < -0.3 is 4.74 Å². The van der Waals surface area contributed by atoms with Crippen LogP contribution in [0, 0.1) is 6.92 Å². The van der Waals surface area contributed by atoms with Crippen LogP contribution in [0.25, 0.3) is 0 Å². The van der Waals surface area contributed by atoms with Gasteiger partial charge in [-0.1, -0.05) is 23.8 Å². The lowest BCUT2D eigenvalue weighted by atomic mass is 10.0. The molecule has 32 heavy (non-hydrogen) atoms. The van der Waals surface area contributed by atoms with E-state index in [1.807, 2.05) is 13.0 Å². The van der Waals surface area contributed by atoms with Crippen molar-refractivity contribution in [1.82, 2.24) is 4.31 Å². The van der Waals surface area contributed by atoms with Crippen molar-refractivity contribution < 1.29 is 21.6 Å². The van der Waals surface area contributed by atoms with E-state index in [9.17, 15) is 16.8 Å². The van der Waals surface area contributed by atoms with Crippen LogP contribution in [-0.2, 0) is 33.0 Å². The van der Waals surface area contributed by atoms with Gasteiger partial charge in [0, 0.05) is 18.8 Å². The van der Waals surface area contributed by atoms with Gasteiger partial charge in [0.1, 0.15) is 5.75 Å². The SMILES string of the molecule is COc1ccc(S(=O)(=O)Nc2ccc3c(c2)CN(S(=O)(=O)c2ccc(C)cc2)CC3)cc1. The summed E-state index contributed by atoms with van der Waals surface area (Å²) in [5.41, 5.74) is 3.16. The first-order valence-electron chi connectivity index (χ1n) is 10.0. The van der Waals surface area contributed by atoms with Crippen LogP contribution in [0.5, 0.6) is 5.75 Å². The lowest BCUT2D eigenvalue weighted by Gasteiger charge is -2.28. The van der Waals surface area contributed by atoms with Gasteiger partial charge in [-0.25, -0.2) is 16.8 Å². The van der Waals surface area contributed by atoms with Crippen LogP contribution >= 0.6 is 0 Å². The van der Waals surface area contributed by atoms with Crippen LogP contribution in [-0.4, -0.2) is 34.8 Å². The van der Waals surface area contributed by atoms with Crippen molar-refractivity contribution in [2.24, 2.45) is 0 Å². The molecule has 4 rings (SSSR count). The van der Waals surface area contributed by atoms with Gasteiger partial charge in [0.05, 0.1) is 16.9 Å². The number of benzene rings is 3. The summed E-state index contributed by atoms with van der Waals surface area (Å²) in [6, 6.07) is 18.1. The summed E-state index contributed by atoms with van der Waals surface area (Å²) in [5, 5.41) is 0. The third-order valence-corrected chi connectivity index (χ3v) is 8.72. The molecular formula is C23H24N2O5S2. The Hall–Kier alpha value is -2.88. The number of methoxy groups -OCH3 is 1. The Morgan fingerprint density at radius 3 is 2.16 bits per heavy atom. The van der Waals surface area contributed by atoms with E-state index < -0.39 is 20.0 Å². The normalized spacial score (nSPS) is 14.6. The number of nitrogens with one attached hydrogen (secondary N) is 1. The minimum Gasteiger partial charge on any atom is -0.497 e. The summed E-state index contributed by atoms with van der Waals surface area (Å²) in [4.78, 5) is 0.363. The highest BCUT2D eigenvalue weighted by atomic mass is 32.2. The molecule has 1 aliphatic heterocycles. The highest BCUT2D eigenvalue weighted by molar-refractivity contribution is 7.92. The van der Waals surface area contributed by atoms with Crippen molar-refractivity contribution in [3.8, 4) is 5.75 Å². The first kappa shape index (κ1) is 22.3. The van der Waals surface area contributed by atoms with Gasteiger partial charge in [0.2, 0.25) is 10.0 Å². The summed E-state index contributed by atoms with van der Waals surface area (Å²) >= 11 is 0. The Morgan fingerprint density at radius 2 is 1.50 bits per heavy atom. The lowest BCUT2D eigenvalue weighted by Crippen LogP contribution is -2.36. The first-order valence-corrected chi connectivity index (χ1v) is 13.0. The van der Waals surface area contributed by atoms with E-state index in [0.717, 1.165) is 16.7 Å². The maximum absolute atomic E-state index is 13.1. The van der Waals surface area contributed by atoms with E-state index in [1.54, 1.807) is 48.5 Å². The number of nitrogens with zero attached hydrogens (tertiary/aromatic N) is 1. The predicted molar refractivity (Wildman–Crippen MR) is 123 cm³/mol. The summed E-state index contributed by atoms with van der Waals surface area (Å²) in [7, 11) is -5.92. The molecule has 9 heteroatoms. The number of sulfonamides is 2. The molecule has 0 saturated heterocycles. The topological polar surface area (TPSA) is 92.8 Å². The fraction of sp³-hybridized carbons (Fsp3) is 0.217. The Balaban J connectivity index is 1.56. The molecule has 3 aromatic carbocycles. The Bertz CT molecular complexity index is 1330. The van der Waals surface area contributed by atoms with Crippen molar-refractivity contribution >= 4 is 25.7 Å². The largest absolute Gasteiger partial charge is 0.497 e. The van der Waals surface area contributed by atoms with Crippen LogP contribution in [0.3, 0.4) is 0 Å². The van der Waals surface area contributed by atoms with Crippen LogP contribution in [0.15, 0.2) is 76.5 Å². The second-order valence-corrected chi connectivity index (χ2v) is 11.3. The van der Waals surface area contributed by atoms with Gasteiger partial charge >= 0.3 is 0 Å². The van der Waals surface area contributed by atoms with Crippen LogP contribution in [0.2, 0.25) is 0 Å². The quantitative estimate of drug-likeness (QED) is 0.592. The predicted octanol–water partition coefficient (Wildman–Crippen LogP) is 3.55. The van der Waals surface area contributed by atoms with Gasteiger partial charge in [-0.3, -0.25) is 4.72 Å². The van der Waals surface area contributed by atoms with E-state index in [0.29, 0.717) is 24.4 Å². The molecule has 0 unspecified atom stereocenters. The zero-order valence-electron chi connectivity index (χ0n) is 17.8. The van der Waals surface area contributed by atoms with E-state index in [1.165, 1.54) is 23.5 Å². The molecule has 0 atom stereocenters. The number of fused-ring (bicyclic) bond motifs is 1. The third-order valence-electron chi connectivity index (χ3n) is 5.46. The van der Waals surface area contributed by atoms with Gasteiger partial charge in [0.25, 0.3) is 10.0 Å². The molecule has 0 aromatic heterocycles. The maximum Gasteiger partial charge on any atom is 0.261 e. The van der Waals surface area contributed by atoms with Gasteiger partial charge in [0.15, 0.2) is 0 Å². The van der Waals surface area contributed by atoms with Crippen LogP contribution in [0.4, 0.5) is 5.69 Å². The molecule has 0 saturated carbocycles. The molecule has 0 radical (unpaired) electrons. The van der Waals surface area contributed by atoms with Crippen molar-refractivity contribution in [2.75, 3.05) is 18.4 Å². The zero-order valence-corrected chi connectivity index (χ0v) is 19.4. The molecule has 0 aliphatic carbocycles. The van der Waals surface area contributed by atoms with Crippen molar-refractivity contribution in [3.05, 3.63) is 83.4 Å². The van der Waals surface area contributed by atoms with E-state index in [-0.39, 0.29) is 16.3 Å². The molecule has 0 amide bonds. The van der Waals surface area contributed by atoms with Gasteiger partial charge in [-0.2, -0.15) is 4.31 Å². The standard InChI is InChI=1S/C23H24N2O5S2/c1-17-3-9-23(10-4-17)32(28,29)25-14-13-18-5-6-20(15-19(18)16-25)24-31(26,27)22-11-7-21(30-2)8-12-22/h3-12,15,24H,13-14,16H2,1-2H3. The monoisotopic (exact) mass is 472 g/mol. The molecule has 0 spiro atoms. The number of hydrogen-bond acceptors (Lipinski definition) is 5. The smallest absolute Gasteiger partial charge is 0.261 e. The van der Waals surface area contributed by atoms with E-state index in [4.69, 9.17) is 4.74 Å². The van der Waals surface area contributed by atoms with E-state index in [2.05, 4.69) is 4.72 Å².